The lowest BCUT2D eigenvalue weighted by Gasteiger charge is -2.33. The molecule has 2 aliphatic rings. The van der Waals surface area contributed by atoms with Crippen molar-refractivity contribution in [2.75, 3.05) is 13.1 Å². The van der Waals surface area contributed by atoms with E-state index in [9.17, 15) is 0 Å². The molecule has 2 fully saturated rings. The van der Waals surface area contributed by atoms with E-state index < -0.39 is 0 Å². The highest BCUT2D eigenvalue weighted by molar-refractivity contribution is 4.95. The minimum Gasteiger partial charge on any atom is -0.330 e. The lowest BCUT2D eigenvalue weighted by molar-refractivity contribution is 0.215. The Morgan fingerprint density at radius 3 is 3.00 bits per heavy atom. The lowest BCUT2D eigenvalue weighted by Crippen LogP contribution is -2.37. The van der Waals surface area contributed by atoms with Gasteiger partial charge in [-0.25, -0.2) is 0 Å². The standard InChI is InChI=1S/C10H20N2/c1-7-3-2-4-9-8(5-11)6-12-10(7)9/h7-10,12H,2-6,11H2,1H3. The second-order valence-corrected chi connectivity index (χ2v) is 4.50. The average Bonchev–Trinajstić information content (AvgIpc) is 2.49. The van der Waals surface area contributed by atoms with Gasteiger partial charge in [-0.1, -0.05) is 13.3 Å². The van der Waals surface area contributed by atoms with E-state index in [-0.39, 0.29) is 0 Å². The molecular formula is C10H20N2. The Morgan fingerprint density at radius 2 is 2.25 bits per heavy atom. The van der Waals surface area contributed by atoms with Crippen molar-refractivity contribution >= 4 is 0 Å². The minimum absolute atomic E-state index is 0.762. The zero-order valence-corrected chi connectivity index (χ0v) is 7.92. The maximum atomic E-state index is 5.75. The molecule has 1 aliphatic heterocycles. The second-order valence-electron chi connectivity index (χ2n) is 4.50. The van der Waals surface area contributed by atoms with Crippen LogP contribution in [0.2, 0.25) is 0 Å². The van der Waals surface area contributed by atoms with Crippen LogP contribution in [-0.4, -0.2) is 19.1 Å². The first-order valence-corrected chi connectivity index (χ1v) is 5.26. The summed E-state index contributed by atoms with van der Waals surface area (Å²) < 4.78 is 0. The van der Waals surface area contributed by atoms with Crippen LogP contribution in [0.25, 0.3) is 0 Å². The van der Waals surface area contributed by atoms with Gasteiger partial charge in [0.15, 0.2) is 0 Å². The van der Waals surface area contributed by atoms with Gasteiger partial charge in [0.05, 0.1) is 0 Å². The van der Waals surface area contributed by atoms with E-state index in [0.717, 1.165) is 36.9 Å². The summed E-state index contributed by atoms with van der Waals surface area (Å²) in [5, 5.41) is 3.63. The summed E-state index contributed by atoms with van der Waals surface area (Å²) in [6.07, 6.45) is 4.23. The van der Waals surface area contributed by atoms with Crippen LogP contribution in [0, 0.1) is 17.8 Å². The van der Waals surface area contributed by atoms with Gasteiger partial charge in [0, 0.05) is 6.04 Å². The first-order chi connectivity index (χ1) is 5.83. The van der Waals surface area contributed by atoms with Crippen LogP contribution in [0.15, 0.2) is 0 Å². The third-order valence-electron chi connectivity index (χ3n) is 3.80. The Bertz CT molecular complexity index is 158. The normalized spacial score (nSPS) is 47.5. The van der Waals surface area contributed by atoms with E-state index in [2.05, 4.69) is 12.2 Å². The Balaban J connectivity index is 2.04. The quantitative estimate of drug-likeness (QED) is 0.612. The van der Waals surface area contributed by atoms with Crippen LogP contribution in [0.1, 0.15) is 26.2 Å². The van der Waals surface area contributed by atoms with Crippen molar-refractivity contribution in [2.24, 2.45) is 23.5 Å². The van der Waals surface area contributed by atoms with E-state index in [1.54, 1.807) is 0 Å². The van der Waals surface area contributed by atoms with Crippen LogP contribution >= 0.6 is 0 Å². The van der Waals surface area contributed by atoms with E-state index in [0.29, 0.717) is 0 Å². The van der Waals surface area contributed by atoms with E-state index in [4.69, 9.17) is 5.73 Å². The van der Waals surface area contributed by atoms with Gasteiger partial charge < -0.3 is 11.1 Å². The Morgan fingerprint density at radius 1 is 1.42 bits per heavy atom. The molecule has 1 aliphatic carbocycles. The summed E-state index contributed by atoms with van der Waals surface area (Å²) in [6, 6.07) is 0.785. The highest BCUT2D eigenvalue weighted by Gasteiger charge is 2.39. The highest BCUT2D eigenvalue weighted by Crippen LogP contribution is 2.37. The molecule has 0 radical (unpaired) electrons. The third-order valence-corrected chi connectivity index (χ3v) is 3.80. The topological polar surface area (TPSA) is 38.0 Å². The molecule has 12 heavy (non-hydrogen) atoms. The first-order valence-electron chi connectivity index (χ1n) is 5.26. The SMILES string of the molecule is CC1CCCC2C(CN)CNC12. The van der Waals surface area contributed by atoms with Gasteiger partial charge >= 0.3 is 0 Å². The van der Waals surface area contributed by atoms with Crippen LogP contribution < -0.4 is 11.1 Å². The van der Waals surface area contributed by atoms with E-state index in [1.165, 1.54) is 19.3 Å². The summed E-state index contributed by atoms with van der Waals surface area (Å²) in [7, 11) is 0. The van der Waals surface area contributed by atoms with Crippen molar-refractivity contribution in [3.05, 3.63) is 0 Å². The molecule has 4 atom stereocenters. The monoisotopic (exact) mass is 168 g/mol. The van der Waals surface area contributed by atoms with Crippen molar-refractivity contribution < 1.29 is 0 Å². The maximum absolute atomic E-state index is 5.75. The molecule has 0 spiro atoms. The molecule has 0 bridgehead atoms. The van der Waals surface area contributed by atoms with Crippen LogP contribution in [-0.2, 0) is 0 Å². The van der Waals surface area contributed by atoms with Gasteiger partial charge in [0.2, 0.25) is 0 Å². The second kappa shape index (κ2) is 3.35. The Kier molecular flexibility index (Phi) is 2.37. The highest BCUT2D eigenvalue weighted by atomic mass is 15.0. The predicted octanol–water partition coefficient (Wildman–Crippen LogP) is 0.969. The molecule has 4 unspecified atom stereocenters. The molecule has 1 heterocycles. The van der Waals surface area contributed by atoms with Gasteiger partial charge in [-0.2, -0.15) is 0 Å². The van der Waals surface area contributed by atoms with Gasteiger partial charge in [0.25, 0.3) is 0 Å². The molecule has 2 nitrogen and oxygen atoms in total. The number of hydrogen-bond acceptors (Lipinski definition) is 2. The largest absolute Gasteiger partial charge is 0.330 e. The lowest BCUT2D eigenvalue weighted by atomic mass is 9.75. The summed E-state index contributed by atoms with van der Waals surface area (Å²) in [4.78, 5) is 0. The van der Waals surface area contributed by atoms with Crippen molar-refractivity contribution in [1.29, 1.82) is 0 Å². The molecule has 0 aromatic heterocycles. The smallest absolute Gasteiger partial charge is 0.0125 e. The molecule has 1 saturated carbocycles. The summed E-state index contributed by atoms with van der Waals surface area (Å²) in [5.41, 5.74) is 5.75. The fraction of sp³-hybridized carbons (Fsp3) is 1.00. The fourth-order valence-electron chi connectivity index (χ4n) is 3.04. The number of hydrogen-bond donors (Lipinski definition) is 2. The molecule has 2 heteroatoms. The summed E-state index contributed by atoms with van der Waals surface area (Å²) in [5.74, 6) is 2.52. The molecule has 1 saturated heterocycles. The predicted molar refractivity (Wildman–Crippen MR) is 50.8 cm³/mol. The van der Waals surface area contributed by atoms with Crippen molar-refractivity contribution in [2.45, 2.75) is 32.2 Å². The van der Waals surface area contributed by atoms with Crippen LogP contribution in [0.3, 0.4) is 0 Å². The Hall–Kier alpha value is -0.0800. The van der Waals surface area contributed by atoms with Crippen LogP contribution in [0.5, 0.6) is 0 Å². The number of fused-ring (bicyclic) bond motifs is 1. The van der Waals surface area contributed by atoms with Crippen molar-refractivity contribution in [3.8, 4) is 0 Å². The molecule has 0 amide bonds. The summed E-state index contributed by atoms with van der Waals surface area (Å²) in [6.45, 7) is 4.42. The molecule has 0 aromatic carbocycles. The molecule has 0 aromatic rings. The number of rotatable bonds is 1. The number of nitrogens with one attached hydrogen (secondary N) is 1. The van der Waals surface area contributed by atoms with Crippen molar-refractivity contribution in [3.63, 3.8) is 0 Å². The first kappa shape index (κ1) is 8.52. The molecule has 2 rings (SSSR count). The van der Waals surface area contributed by atoms with E-state index >= 15 is 0 Å². The summed E-state index contributed by atoms with van der Waals surface area (Å²) >= 11 is 0. The van der Waals surface area contributed by atoms with Crippen molar-refractivity contribution in [1.82, 2.24) is 5.32 Å². The van der Waals surface area contributed by atoms with Gasteiger partial charge in [-0.3, -0.25) is 0 Å². The Labute approximate surface area is 74.9 Å². The van der Waals surface area contributed by atoms with Gasteiger partial charge in [0.1, 0.15) is 0 Å². The zero-order valence-electron chi connectivity index (χ0n) is 7.92. The van der Waals surface area contributed by atoms with Gasteiger partial charge in [-0.05, 0) is 43.7 Å². The third kappa shape index (κ3) is 1.27. The molecule has 3 N–H and O–H groups in total. The molecule has 70 valence electrons. The van der Waals surface area contributed by atoms with E-state index in [1.807, 2.05) is 0 Å². The number of nitrogens with two attached hydrogens (primary N) is 1. The molecular weight excluding hydrogens is 148 g/mol. The van der Waals surface area contributed by atoms with Gasteiger partial charge in [-0.15, -0.1) is 0 Å². The minimum atomic E-state index is 0.762. The van der Waals surface area contributed by atoms with Crippen LogP contribution in [0.4, 0.5) is 0 Å². The maximum Gasteiger partial charge on any atom is 0.0125 e. The zero-order chi connectivity index (χ0) is 8.55. The fourth-order valence-corrected chi connectivity index (χ4v) is 3.04. The average molecular weight is 168 g/mol.